The van der Waals surface area contributed by atoms with E-state index in [1.54, 1.807) is 7.11 Å². The predicted molar refractivity (Wildman–Crippen MR) is 109 cm³/mol. The molecular weight excluding hydrogens is 360 g/mol. The Bertz CT molecular complexity index is 516. The maximum absolute atomic E-state index is 11.9. The minimum absolute atomic E-state index is 0.0375. The van der Waals surface area contributed by atoms with Crippen LogP contribution in [0.1, 0.15) is 32.6 Å². The standard InChI is InChI=1S/C19H36N6O3/c1-3-20-19(22-8-4-5-17(26)23-16-6-7-16)25-12-10-24(11-13-25)15-18(27)21-9-14-28-2/h16H,3-15H2,1-2H3,(H,20,22)(H,21,27)(H,23,26). The van der Waals surface area contributed by atoms with Gasteiger partial charge < -0.3 is 25.6 Å². The molecule has 1 saturated carbocycles. The molecule has 2 fully saturated rings. The van der Waals surface area contributed by atoms with Gasteiger partial charge in [-0.3, -0.25) is 19.5 Å². The minimum atomic E-state index is 0.0375. The van der Waals surface area contributed by atoms with Crippen molar-refractivity contribution < 1.29 is 14.3 Å². The van der Waals surface area contributed by atoms with Crippen LogP contribution in [0.3, 0.4) is 0 Å². The number of carbonyl (C=O) groups is 2. The lowest BCUT2D eigenvalue weighted by molar-refractivity contribution is -0.123. The summed E-state index contributed by atoms with van der Waals surface area (Å²) in [5.74, 6) is 1.07. The summed E-state index contributed by atoms with van der Waals surface area (Å²) in [6.07, 6.45) is 3.53. The highest BCUT2D eigenvalue weighted by molar-refractivity contribution is 5.80. The Morgan fingerprint density at radius 3 is 2.50 bits per heavy atom. The van der Waals surface area contributed by atoms with Crippen LogP contribution in [0, 0.1) is 0 Å². The van der Waals surface area contributed by atoms with Crippen molar-refractivity contribution in [2.45, 2.75) is 38.6 Å². The van der Waals surface area contributed by atoms with Crippen molar-refractivity contribution >= 4 is 17.8 Å². The van der Waals surface area contributed by atoms with Crippen molar-refractivity contribution in [3.63, 3.8) is 0 Å². The Hall–Kier alpha value is -1.87. The second kappa shape index (κ2) is 12.6. The molecule has 2 rings (SSSR count). The Balaban J connectivity index is 1.67. The smallest absolute Gasteiger partial charge is 0.234 e. The van der Waals surface area contributed by atoms with Crippen LogP contribution in [-0.4, -0.2) is 99.7 Å². The van der Waals surface area contributed by atoms with Gasteiger partial charge in [-0.2, -0.15) is 0 Å². The van der Waals surface area contributed by atoms with Crippen molar-refractivity contribution in [3.05, 3.63) is 0 Å². The number of hydrogen-bond donors (Lipinski definition) is 3. The van der Waals surface area contributed by atoms with E-state index in [-0.39, 0.29) is 11.8 Å². The second-order valence-corrected chi connectivity index (χ2v) is 7.29. The number of ether oxygens (including phenoxy) is 1. The zero-order valence-electron chi connectivity index (χ0n) is 17.3. The summed E-state index contributed by atoms with van der Waals surface area (Å²) in [5.41, 5.74) is 0. The third kappa shape index (κ3) is 8.88. The topological polar surface area (TPSA) is 98.3 Å². The van der Waals surface area contributed by atoms with Crippen LogP contribution in [0.25, 0.3) is 0 Å². The van der Waals surface area contributed by atoms with Crippen molar-refractivity contribution in [1.29, 1.82) is 0 Å². The molecule has 0 bridgehead atoms. The summed E-state index contributed by atoms with van der Waals surface area (Å²) in [4.78, 5) is 32.7. The maximum atomic E-state index is 11.9. The van der Waals surface area contributed by atoms with Gasteiger partial charge in [0.1, 0.15) is 0 Å². The molecule has 0 atom stereocenters. The number of methoxy groups -OCH3 is 1. The first-order valence-corrected chi connectivity index (χ1v) is 10.4. The van der Waals surface area contributed by atoms with E-state index >= 15 is 0 Å². The Kier molecular flexibility index (Phi) is 10.1. The third-order valence-electron chi connectivity index (χ3n) is 4.77. The summed E-state index contributed by atoms with van der Waals surface area (Å²) in [7, 11) is 1.62. The lowest BCUT2D eigenvalue weighted by Gasteiger charge is -2.36. The lowest BCUT2D eigenvalue weighted by atomic mass is 10.3. The maximum Gasteiger partial charge on any atom is 0.234 e. The number of amides is 2. The van der Waals surface area contributed by atoms with E-state index in [9.17, 15) is 9.59 Å². The zero-order valence-corrected chi connectivity index (χ0v) is 17.3. The fraction of sp³-hybridized carbons (Fsp3) is 0.842. The first-order valence-electron chi connectivity index (χ1n) is 10.4. The number of carbonyl (C=O) groups excluding carboxylic acids is 2. The summed E-state index contributed by atoms with van der Waals surface area (Å²) in [6.45, 7) is 8.32. The van der Waals surface area contributed by atoms with E-state index < -0.39 is 0 Å². The highest BCUT2D eigenvalue weighted by Gasteiger charge is 2.23. The number of nitrogens with zero attached hydrogens (tertiary/aromatic N) is 3. The largest absolute Gasteiger partial charge is 0.383 e. The molecule has 1 aliphatic carbocycles. The van der Waals surface area contributed by atoms with Crippen LogP contribution < -0.4 is 16.0 Å². The third-order valence-corrected chi connectivity index (χ3v) is 4.77. The van der Waals surface area contributed by atoms with Gasteiger partial charge in [0.2, 0.25) is 11.8 Å². The number of guanidine groups is 1. The van der Waals surface area contributed by atoms with Crippen LogP contribution in [-0.2, 0) is 14.3 Å². The van der Waals surface area contributed by atoms with Gasteiger partial charge in [-0.25, -0.2) is 0 Å². The normalized spacial score (nSPS) is 18.1. The van der Waals surface area contributed by atoms with Crippen LogP contribution in [0.2, 0.25) is 0 Å². The van der Waals surface area contributed by atoms with Crippen molar-refractivity contribution in [2.24, 2.45) is 4.99 Å². The quantitative estimate of drug-likeness (QED) is 0.245. The van der Waals surface area contributed by atoms with Crippen LogP contribution in [0.15, 0.2) is 4.99 Å². The van der Waals surface area contributed by atoms with E-state index in [0.717, 1.165) is 57.9 Å². The number of nitrogens with one attached hydrogen (secondary N) is 3. The number of piperazine rings is 1. The molecule has 0 spiro atoms. The average Bonchev–Trinajstić information content (AvgIpc) is 3.49. The SMILES string of the molecule is CCNC(=NCCCC(=O)NC1CC1)N1CCN(CC(=O)NCCOC)CC1. The Labute approximate surface area is 168 Å². The highest BCUT2D eigenvalue weighted by Crippen LogP contribution is 2.18. The van der Waals surface area contributed by atoms with E-state index in [2.05, 4.69) is 37.7 Å². The monoisotopic (exact) mass is 396 g/mol. The van der Waals surface area contributed by atoms with E-state index in [1.165, 1.54) is 0 Å². The molecule has 0 unspecified atom stereocenters. The summed E-state index contributed by atoms with van der Waals surface area (Å²) >= 11 is 0. The molecule has 2 aliphatic rings. The van der Waals surface area contributed by atoms with E-state index in [4.69, 9.17) is 4.74 Å². The number of hydrogen-bond acceptors (Lipinski definition) is 5. The van der Waals surface area contributed by atoms with Crippen LogP contribution >= 0.6 is 0 Å². The molecule has 9 nitrogen and oxygen atoms in total. The van der Waals surface area contributed by atoms with Crippen molar-refractivity contribution in [2.75, 3.05) is 66.1 Å². The molecule has 3 N–H and O–H groups in total. The lowest BCUT2D eigenvalue weighted by Crippen LogP contribution is -2.54. The average molecular weight is 397 g/mol. The summed E-state index contributed by atoms with van der Waals surface area (Å²) < 4.78 is 4.94. The summed E-state index contributed by atoms with van der Waals surface area (Å²) in [5, 5.41) is 9.20. The summed E-state index contributed by atoms with van der Waals surface area (Å²) in [6, 6.07) is 0.423. The molecule has 0 aromatic rings. The molecule has 0 aromatic carbocycles. The number of rotatable bonds is 11. The molecule has 0 radical (unpaired) electrons. The van der Waals surface area contributed by atoms with Gasteiger partial charge in [-0.05, 0) is 26.2 Å². The van der Waals surface area contributed by atoms with Crippen molar-refractivity contribution in [3.8, 4) is 0 Å². The first kappa shape index (κ1) is 22.4. The Morgan fingerprint density at radius 2 is 1.86 bits per heavy atom. The molecule has 1 aliphatic heterocycles. The molecular formula is C19H36N6O3. The van der Waals surface area contributed by atoms with Crippen molar-refractivity contribution in [1.82, 2.24) is 25.8 Å². The molecule has 2 amide bonds. The number of aliphatic imine (C=N–C) groups is 1. The molecule has 28 heavy (non-hydrogen) atoms. The Morgan fingerprint density at radius 1 is 1.11 bits per heavy atom. The fourth-order valence-electron chi connectivity index (χ4n) is 3.05. The van der Waals surface area contributed by atoms with Gasteiger partial charge in [0.15, 0.2) is 5.96 Å². The van der Waals surface area contributed by atoms with Crippen LogP contribution in [0.4, 0.5) is 0 Å². The van der Waals surface area contributed by atoms with Gasteiger partial charge >= 0.3 is 0 Å². The van der Waals surface area contributed by atoms with Gasteiger partial charge in [-0.1, -0.05) is 0 Å². The molecule has 1 saturated heterocycles. The second-order valence-electron chi connectivity index (χ2n) is 7.29. The fourth-order valence-corrected chi connectivity index (χ4v) is 3.05. The van der Waals surface area contributed by atoms with Gasteiger partial charge in [0, 0.05) is 65.4 Å². The van der Waals surface area contributed by atoms with E-state index in [0.29, 0.717) is 38.7 Å². The molecule has 160 valence electrons. The zero-order chi connectivity index (χ0) is 20.2. The first-order chi connectivity index (χ1) is 13.6. The van der Waals surface area contributed by atoms with E-state index in [1.807, 2.05) is 0 Å². The molecule has 1 heterocycles. The predicted octanol–water partition coefficient (Wildman–Crippen LogP) is -0.609. The minimum Gasteiger partial charge on any atom is -0.383 e. The van der Waals surface area contributed by atoms with Gasteiger partial charge in [0.25, 0.3) is 0 Å². The van der Waals surface area contributed by atoms with Gasteiger partial charge in [-0.15, -0.1) is 0 Å². The molecule has 0 aromatic heterocycles. The molecule has 9 heteroatoms. The van der Waals surface area contributed by atoms with Crippen LogP contribution in [0.5, 0.6) is 0 Å². The van der Waals surface area contributed by atoms with Gasteiger partial charge in [0.05, 0.1) is 13.2 Å². The highest BCUT2D eigenvalue weighted by atomic mass is 16.5.